The van der Waals surface area contributed by atoms with E-state index in [0.29, 0.717) is 17.5 Å². The van der Waals surface area contributed by atoms with E-state index in [2.05, 4.69) is 30.5 Å². The Hall–Kier alpha value is -2.90. The molecule has 4 aromatic rings. The number of rotatable bonds is 2. The van der Waals surface area contributed by atoms with Gasteiger partial charge < -0.3 is 9.30 Å². The van der Waals surface area contributed by atoms with Crippen LogP contribution in [0.4, 0.5) is 0 Å². The molecule has 0 saturated carbocycles. The molecule has 1 aromatic carbocycles. The summed E-state index contributed by atoms with van der Waals surface area (Å²) in [5.41, 5.74) is 3.44. The van der Waals surface area contributed by atoms with Crippen molar-refractivity contribution in [3.8, 4) is 11.3 Å². The van der Waals surface area contributed by atoms with E-state index in [9.17, 15) is 9.59 Å². The number of thiophene rings is 1. The van der Waals surface area contributed by atoms with Gasteiger partial charge in [0, 0.05) is 19.0 Å². The van der Waals surface area contributed by atoms with Crippen LogP contribution >= 0.6 is 11.3 Å². The minimum Gasteiger partial charge on any atom is -0.364 e. The maximum Gasteiger partial charge on any atom is 0.331 e. The van der Waals surface area contributed by atoms with Gasteiger partial charge >= 0.3 is 5.69 Å². The van der Waals surface area contributed by atoms with Crippen molar-refractivity contribution in [3.05, 3.63) is 78.8 Å². The maximum absolute atomic E-state index is 13.5. The molecule has 5 rings (SSSR count). The Morgan fingerprint density at radius 1 is 1.06 bits per heavy atom. The summed E-state index contributed by atoms with van der Waals surface area (Å²) >= 11 is 1.62. The van der Waals surface area contributed by atoms with Crippen molar-refractivity contribution in [3.63, 3.8) is 0 Å². The smallest absolute Gasteiger partial charge is 0.331 e. The van der Waals surface area contributed by atoms with E-state index >= 15 is 0 Å². The van der Waals surface area contributed by atoms with Crippen molar-refractivity contribution in [1.82, 2.24) is 13.7 Å². The van der Waals surface area contributed by atoms with Crippen molar-refractivity contribution in [2.24, 2.45) is 14.1 Å². The summed E-state index contributed by atoms with van der Waals surface area (Å²) in [6.45, 7) is 6.76. The molecule has 1 aliphatic rings. The molecule has 0 aliphatic carbocycles. The predicted octanol–water partition coefficient (Wildman–Crippen LogP) is 3.93. The topological polar surface area (TPSA) is 58.2 Å². The molecular weight excluding hydrogens is 410 g/mol. The molecule has 0 spiro atoms. The number of benzene rings is 1. The molecule has 0 amide bonds. The first-order valence-electron chi connectivity index (χ1n) is 10.3. The van der Waals surface area contributed by atoms with Crippen LogP contribution in [-0.4, -0.2) is 20.3 Å². The van der Waals surface area contributed by atoms with Gasteiger partial charge in [-0.05, 0) is 37.8 Å². The highest BCUT2D eigenvalue weighted by Crippen LogP contribution is 2.46. The average molecular weight is 436 g/mol. The van der Waals surface area contributed by atoms with E-state index in [1.165, 1.54) is 11.6 Å². The third-order valence-corrected chi connectivity index (χ3v) is 7.11. The fourth-order valence-electron chi connectivity index (χ4n) is 4.64. The lowest BCUT2D eigenvalue weighted by molar-refractivity contribution is -0.00545. The lowest BCUT2D eigenvalue weighted by atomic mass is 10.0. The Morgan fingerprint density at radius 3 is 2.42 bits per heavy atom. The zero-order valence-electron chi connectivity index (χ0n) is 18.3. The third kappa shape index (κ3) is 2.80. The molecule has 4 heterocycles. The Labute approximate surface area is 183 Å². The molecule has 6 nitrogen and oxygen atoms in total. The largest absolute Gasteiger partial charge is 0.364 e. The molecule has 0 N–H and O–H groups in total. The van der Waals surface area contributed by atoms with Crippen LogP contribution < -0.4 is 11.2 Å². The van der Waals surface area contributed by atoms with Gasteiger partial charge in [0.1, 0.15) is 6.10 Å². The second kappa shape index (κ2) is 6.80. The van der Waals surface area contributed by atoms with Gasteiger partial charge in [-0.25, -0.2) is 4.79 Å². The van der Waals surface area contributed by atoms with Gasteiger partial charge in [0.15, 0.2) is 0 Å². The van der Waals surface area contributed by atoms with Crippen molar-refractivity contribution >= 4 is 22.2 Å². The van der Waals surface area contributed by atoms with Crippen molar-refractivity contribution in [2.75, 3.05) is 6.61 Å². The lowest BCUT2D eigenvalue weighted by Crippen LogP contribution is -2.40. The van der Waals surface area contributed by atoms with Crippen molar-refractivity contribution in [1.29, 1.82) is 0 Å². The van der Waals surface area contributed by atoms with Gasteiger partial charge in [-0.2, -0.15) is 0 Å². The van der Waals surface area contributed by atoms with Gasteiger partial charge in [-0.1, -0.05) is 35.9 Å². The monoisotopic (exact) mass is 435 g/mol. The maximum atomic E-state index is 13.5. The normalized spacial score (nSPS) is 17.8. The highest BCUT2D eigenvalue weighted by Gasteiger charge is 2.40. The van der Waals surface area contributed by atoms with Crippen LogP contribution in [0.3, 0.4) is 0 Å². The Balaban J connectivity index is 2.03. The fraction of sp³-hybridized carbons (Fsp3) is 0.333. The molecule has 31 heavy (non-hydrogen) atoms. The van der Waals surface area contributed by atoms with Crippen LogP contribution in [0, 0.1) is 6.92 Å². The number of fused-ring (bicyclic) bond motifs is 3. The van der Waals surface area contributed by atoms with Gasteiger partial charge in [-0.3, -0.25) is 13.9 Å². The first-order valence-corrected chi connectivity index (χ1v) is 11.2. The molecule has 7 heteroatoms. The second-order valence-electron chi connectivity index (χ2n) is 8.88. The van der Waals surface area contributed by atoms with Crippen LogP contribution in [0.1, 0.15) is 36.1 Å². The van der Waals surface area contributed by atoms with Gasteiger partial charge in [0.2, 0.25) is 0 Å². The molecule has 1 unspecified atom stereocenters. The summed E-state index contributed by atoms with van der Waals surface area (Å²) in [6, 6.07) is 12.2. The SMILES string of the molecule is Cc1ccc(-c2c3c(=O)n(C)c(=O)n(C)c3c3n2C(C)(C)COC3c2cccs2)cc1. The molecule has 3 aromatic heterocycles. The Bertz CT molecular complexity index is 1420. The molecule has 0 fully saturated rings. The van der Waals surface area contributed by atoms with Gasteiger partial charge in [0.05, 0.1) is 34.4 Å². The zero-order valence-corrected chi connectivity index (χ0v) is 19.1. The molecule has 160 valence electrons. The summed E-state index contributed by atoms with van der Waals surface area (Å²) < 4.78 is 11.4. The Kier molecular flexibility index (Phi) is 4.39. The quantitative estimate of drug-likeness (QED) is 0.479. The number of ether oxygens (including phenoxy) is 1. The van der Waals surface area contributed by atoms with Crippen molar-refractivity contribution < 1.29 is 4.74 Å². The summed E-state index contributed by atoms with van der Waals surface area (Å²) in [5.74, 6) is 0. The minimum absolute atomic E-state index is 0.281. The van der Waals surface area contributed by atoms with E-state index in [0.717, 1.165) is 27.4 Å². The molecule has 1 aliphatic heterocycles. The first kappa shape index (κ1) is 20.0. The van der Waals surface area contributed by atoms with Crippen LogP contribution in [0.25, 0.3) is 22.2 Å². The van der Waals surface area contributed by atoms with E-state index in [-0.39, 0.29) is 17.4 Å². The van der Waals surface area contributed by atoms with Crippen molar-refractivity contribution in [2.45, 2.75) is 32.4 Å². The molecule has 0 bridgehead atoms. The highest BCUT2D eigenvalue weighted by molar-refractivity contribution is 7.10. The van der Waals surface area contributed by atoms with Gasteiger partial charge in [0.25, 0.3) is 5.56 Å². The summed E-state index contributed by atoms with van der Waals surface area (Å²) in [6.07, 6.45) is -0.340. The number of aromatic nitrogens is 3. The van der Waals surface area contributed by atoms with Crippen LogP contribution in [0.15, 0.2) is 51.4 Å². The number of hydrogen-bond acceptors (Lipinski definition) is 4. The average Bonchev–Trinajstić information content (AvgIpc) is 3.39. The molecular formula is C24H25N3O3S. The summed E-state index contributed by atoms with van der Waals surface area (Å²) in [4.78, 5) is 27.5. The van der Waals surface area contributed by atoms with Crippen LogP contribution in [-0.2, 0) is 24.4 Å². The number of nitrogens with zero attached hydrogens (tertiary/aromatic N) is 3. The Morgan fingerprint density at radius 2 is 1.77 bits per heavy atom. The molecule has 0 radical (unpaired) electrons. The summed E-state index contributed by atoms with van der Waals surface area (Å²) in [5, 5.41) is 2.58. The number of hydrogen-bond donors (Lipinski definition) is 0. The zero-order chi connectivity index (χ0) is 22.1. The van der Waals surface area contributed by atoms with E-state index in [4.69, 9.17) is 4.74 Å². The van der Waals surface area contributed by atoms with Crippen LogP contribution in [0.5, 0.6) is 0 Å². The standard InChI is InChI=1S/C24H25N3O3S/c1-14-8-10-15(11-9-14)18-17-19(25(4)23(29)26(5)22(17)28)20-21(16-7-6-12-31-16)30-13-24(2,3)27(18)20/h6-12,21H,13H2,1-5H3. The van der Waals surface area contributed by atoms with E-state index in [1.807, 2.05) is 36.6 Å². The second-order valence-corrected chi connectivity index (χ2v) is 9.86. The predicted molar refractivity (Wildman–Crippen MR) is 124 cm³/mol. The van der Waals surface area contributed by atoms with Crippen LogP contribution in [0.2, 0.25) is 0 Å². The fourth-order valence-corrected chi connectivity index (χ4v) is 5.41. The van der Waals surface area contributed by atoms with E-state index < -0.39 is 5.54 Å². The molecule has 0 saturated heterocycles. The third-order valence-electron chi connectivity index (χ3n) is 6.19. The van der Waals surface area contributed by atoms with E-state index in [1.54, 1.807) is 23.0 Å². The number of aryl methyl sites for hydroxylation is 2. The minimum atomic E-state index is -0.399. The highest BCUT2D eigenvalue weighted by atomic mass is 32.1. The van der Waals surface area contributed by atoms with Gasteiger partial charge in [-0.15, -0.1) is 11.3 Å². The molecule has 1 atom stereocenters. The summed E-state index contributed by atoms with van der Waals surface area (Å²) in [7, 11) is 3.27. The lowest BCUT2D eigenvalue weighted by Gasteiger charge is -2.39. The first-order chi connectivity index (χ1) is 14.7.